The second-order valence-electron chi connectivity index (χ2n) is 10.3. The average molecular weight is 533 g/mol. The molecule has 0 radical (unpaired) electrons. The summed E-state index contributed by atoms with van der Waals surface area (Å²) in [4.78, 5) is 23.9. The Bertz CT molecular complexity index is 1220. The first-order chi connectivity index (χ1) is 19.1. The van der Waals surface area contributed by atoms with Crippen LogP contribution in [-0.2, 0) is 6.54 Å². The Morgan fingerprint density at radius 3 is 2.56 bits per heavy atom. The van der Waals surface area contributed by atoms with Crippen LogP contribution in [0.15, 0.2) is 67.0 Å². The Labute approximate surface area is 230 Å². The number of piperidine rings is 1. The van der Waals surface area contributed by atoms with E-state index >= 15 is 0 Å². The molecule has 2 fully saturated rings. The largest absolute Gasteiger partial charge is 0.493 e. The number of hydrogen-bond donors (Lipinski definition) is 0. The summed E-state index contributed by atoms with van der Waals surface area (Å²) in [5, 5.41) is 0. The molecule has 2 aliphatic rings. The average Bonchev–Trinajstić information content (AvgIpc) is 2.98. The summed E-state index contributed by atoms with van der Waals surface area (Å²) >= 11 is 0. The van der Waals surface area contributed by atoms with Gasteiger partial charge < -0.3 is 19.3 Å². The van der Waals surface area contributed by atoms with E-state index in [1.165, 1.54) is 17.7 Å². The molecule has 2 aliphatic heterocycles. The van der Waals surface area contributed by atoms with Gasteiger partial charge in [-0.15, -0.1) is 0 Å². The number of methoxy groups -OCH3 is 1. The van der Waals surface area contributed by atoms with Gasteiger partial charge in [-0.05, 0) is 73.4 Å². The highest BCUT2D eigenvalue weighted by Crippen LogP contribution is 2.30. The van der Waals surface area contributed by atoms with Gasteiger partial charge in [0.05, 0.1) is 19.3 Å². The van der Waals surface area contributed by atoms with Crippen LogP contribution in [0.3, 0.4) is 0 Å². The van der Waals surface area contributed by atoms with Crippen molar-refractivity contribution in [2.75, 3.05) is 51.3 Å². The quantitative estimate of drug-likeness (QED) is 0.386. The standard InChI is InChI=1S/C31H37FN4O3/c1-38-29-12-7-24(23-34-16-18-35(19-17-34)27-10-8-26(32)9-11-27)21-30(29)39-20-13-28-6-2-3-15-36(28)31(37)25-5-4-14-33-22-25/h4-5,7-12,14,21-22,28H,2-3,6,13,15-20,23H2,1H3/t28-/m0/s1. The highest BCUT2D eigenvalue weighted by molar-refractivity contribution is 5.94. The predicted molar refractivity (Wildman–Crippen MR) is 150 cm³/mol. The molecule has 0 spiro atoms. The van der Waals surface area contributed by atoms with Crippen LogP contribution in [0.2, 0.25) is 0 Å². The fourth-order valence-electron chi connectivity index (χ4n) is 5.53. The van der Waals surface area contributed by atoms with Crippen LogP contribution in [0.25, 0.3) is 0 Å². The second kappa shape index (κ2) is 12.9. The number of aromatic nitrogens is 1. The lowest BCUT2D eigenvalue weighted by molar-refractivity contribution is 0.0579. The molecule has 0 bridgehead atoms. The number of carbonyl (C=O) groups is 1. The number of likely N-dealkylation sites (tertiary alicyclic amines) is 1. The number of anilines is 1. The first-order valence-electron chi connectivity index (χ1n) is 13.8. The molecule has 3 heterocycles. The van der Waals surface area contributed by atoms with E-state index in [2.05, 4.69) is 26.9 Å². The lowest BCUT2D eigenvalue weighted by Gasteiger charge is -2.36. The predicted octanol–water partition coefficient (Wildman–Crippen LogP) is 5.02. The van der Waals surface area contributed by atoms with Crippen LogP contribution in [0.1, 0.15) is 41.6 Å². The van der Waals surface area contributed by atoms with Crippen molar-refractivity contribution in [1.82, 2.24) is 14.8 Å². The maximum atomic E-state index is 13.3. The smallest absolute Gasteiger partial charge is 0.255 e. The number of halogens is 1. The monoisotopic (exact) mass is 532 g/mol. The third kappa shape index (κ3) is 6.87. The van der Waals surface area contributed by atoms with E-state index in [-0.39, 0.29) is 17.8 Å². The highest BCUT2D eigenvalue weighted by atomic mass is 19.1. The second-order valence-corrected chi connectivity index (χ2v) is 10.3. The zero-order chi connectivity index (χ0) is 27.0. The van der Waals surface area contributed by atoms with Crippen molar-refractivity contribution in [3.63, 3.8) is 0 Å². The van der Waals surface area contributed by atoms with Crippen molar-refractivity contribution >= 4 is 11.6 Å². The molecule has 2 aromatic carbocycles. The van der Waals surface area contributed by atoms with Crippen molar-refractivity contribution in [2.45, 2.75) is 38.3 Å². The fraction of sp³-hybridized carbons (Fsp3) is 0.419. The SMILES string of the molecule is COc1ccc(CN2CCN(c3ccc(F)cc3)CC2)cc1OCC[C@@H]1CCCCN1C(=O)c1cccnc1. The maximum Gasteiger partial charge on any atom is 0.255 e. The number of hydrogen-bond acceptors (Lipinski definition) is 6. The number of pyridine rings is 1. The summed E-state index contributed by atoms with van der Waals surface area (Å²) in [5.74, 6) is 1.30. The molecule has 1 aromatic heterocycles. The van der Waals surface area contributed by atoms with Crippen LogP contribution in [-0.4, -0.2) is 73.2 Å². The van der Waals surface area contributed by atoms with E-state index in [0.29, 0.717) is 17.9 Å². The van der Waals surface area contributed by atoms with E-state index in [0.717, 1.165) is 76.4 Å². The lowest BCUT2D eigenvalue weighted by Crippen LogP contribution is -2.45. The summed E-state index contributed by atoms with van der Waals surface area (Å²) in [7, 11) is 1.66. The molecule has 1 atom stereocenters. The lowest BCUT2D eigenvalue weighted by atomic mass is 9.98. The van der Waals surface area contributed by atoms with Crippen molar-refractivity contribution < 1.29 is 18.7 Å². The van der Waals surface area contributed by atoms with Gasteiger partial charge in [-0.1, -0.05) is 6.07 Å². The number of ether oxygens (including phenoxy) is 2. The van der Waals surface area contributed by atoms with E-state index in [1.807, 2.05) is 29.2 Å². The molecule has 39 heavy (non-hydrogen) atoms. The molecule has 8 heteroatoms. The Balaban J connectivity index is 1.15. The van der Waals surface area contributed by atoms with Gasteiger partial charge in [0.1, 0.15) is 5.82 Å². The molecule has 3 aromatic rings. The minimum Gasteiger partial charge on any atom is -0.493 e. The molecular weight excluding hydrogens is 495 g/mol. The van der Waals surface area contributed by atoms with Crippen LogP contribution < -0.4 is 14.4 Å². The van der Waals surface area contributed by atoms with Gasteiger partial charge in [-0.25, -0.2) is 4.39 Å². The van der Waals surface area contributed by atoms with Gasteiger partial charge in [-0.2, -0.15) is 0 Å². The third-order valence-corrected chi connectivity index (χ3v) is 7.70. The summed E-state index contributed by atoms with van der Waals surface area (Å²) in [6.45, 7) is 5.78. The number of nitrogens with zero attached hydrogens (tertiary/aromatic N) is 4. The molecule has 0 aliphatic carbocycles. The normalized spacial score (nSPS) is 18.2. The van der Waals surface area contributed by atoms with Gasteiger partial charge in [0.2, 0.25) is 0 Å². The van der Waals surface area contributed by atoms with Crippen molar-refractivity contribution in [3.8, 4) is 11.5 Å². The third-order valence-electron chi connectivity index (χ3n) is 7.70. The van der Waals surface area contributed by atoms with E-state index in [4.69, 9.17) is 9.47 Å². The maximum absolute atomic E-state index is 13.3. The summed E-state index contributed by atoms with van der Waals surface area (Å²) in [5.41, 5.74) is 2.88. The molecule has 0 N–H and O–H groups in total. The van der Waals surface area contributed by atoms with Gasteiger partial charge in [0.25, 0.3) is 5.91 Å². The zero-order valence-electron chi connectivity index (χ0n) is 22.6. The van der Waals surface area contributed by atoms with Crippen molar-refractivity contribution in [3.05, 3.63) is 83.9 Å². The zero-order valence-corrected chi connectivity index (χ0v) is 22.6. The Hall–Kier alpha value is -3.65. The fourth-order valence-corrected chi connectivity index (χ4v) is 5.53. The summed E-state index contributed by atoms with van der Waals surface area (Å²) < 4.78 is 25.1. The summed E-state index contributed by atoms with van der Waals surface area (Å²) in [6.07, 6.45) is 7.23. The number of rotatable bonds is 9. The minimum atomic E-state index is -0.204. The van der Waals surface area contributed by atoms with Gasteiger partial charge in [0, 0.05) is 69.8 Å². The minimum absolute atomic E-state index is 0.0481. The first kappa shape index (κ1) is 26.9. The van der Waals surface area contributed by atoms with E-state index in [1.54, 1.807) is 25.6 Å². The van der Waals surface area contributed by atoms with Crippen LogP contribution in [0.4, 0.5) is 10.1 Å². The van der Waals surface area contributed by atoms with Crippen LogP contribution >= 0.6 is 0 Å². The molecule has 0 unspecified atom stereocenters. The number of benzene rings is 2. The molecule has 0 saturated carbocycles. The number of piperazine rings is 1. The van der Waals surface area contributed by atoms with Crippen molar-refractivity contribution in [1.29, 1.82) is 0 Å². The van der Waals surface area contributed by atoms with E-state index in [9.17, 15) is 9.18 Å². The Morgan fingerprint density at radius 2 is 1.82 bits per heavy atom. The molecule has 1 amide bonds. The Kier molecular flexibility index (Phi) is 8.93. The molecule has 5 rings (SSSR count). The highest BCUT2D eigenvalue weighted by Gasteiger charge is 2.27. The first-order valence-corrected chi connectivity index (χ1v) is 13.8. The van der Waals surface area contributed by atoms with Gasteiger partial charge >= 0.3 is 0 Å². The van der Waals surface area contributed by atoms with Crippen molar-refractivity contribution in [2.24, 2.45) is 0 Å². The number of amides is 1. The van der Waals surface area contributed by atoms with Crippen LogP contribution in [0.5, 0.6) is 11.5 Å². The van der Waals surface area contributed by atoms with Gasteiger partial charge in [-0.3, -0.25) is 14.7 Å². The van der Waals surface area contributed by atoms with Gasteiger partial charge in [0.15, 0.2) is 11.5 Å². The topological polar surface area (TPSA) is 58.1 Å². The number of carbonyl (C=O) groups excluding carboxylic acids is 1. The molecular formula is C31H37FN4O3. The molecule has 7 nitrogen and oxygen atoms in total. The molecule has 206 valence electrons. The summed E-state index contributed by atoms with van der Waals surface area (Å²) in [6, 6.07) is 16.7. The Morgan fingerprint density at radius 1 is 1.00 bits per heavy atom. The van der Waals surface area contributed by atoms with Crippen LogP contribution in [0, 0.1) is 5.82 Å². The van der Waals surface area contributed by atoms with E-state index < -0.39 is 0 Å². The molecule has 2 saturated heterocycles.